The van der Waals surface area contributed by atoms with Crippen molar-refractivity contribution in [3.8, 4) is 6.07 Å². The minimum absolute atomic E-state index is 0.00683. The van der Waals surface area contributed by atoms with Crippen molar-refractivity contribution in [3.63, 3.8) is 0 Å². The van der Waals surface area contributed by atoms with E-state index in [1.807, 2.05) is 24.8 Å². The number of amides is 1. The number of carboxylic acids is 1. The summed E-state index contributed by atoms with van der Waals surface area (Å²) in [5, 5.41) is 20.7. The van der Waals surface area contributed by atoms with E-state index in [-0.39, 0.29) is 11.1 Å². The fraction of sp³-hybridized carbons (Fsp3) is 0.353. The molecule has 1 rings (SSSR count). The van der Waals surface area contributed by atoms with Crippen LogP contribution in [-0.2, 0) is 4.79 Å². The van der Waals surface area contributed by atoms with Crippen molar-refractivity contribution < 1.29 is 14.7 Å². The first-order valence-corrected chi connectivity index (χ1v) is 7.52. The van der Waals surface area contributed by atoms with E-state index < -0.39 is 11.9 Å². The smallest absolute Gasteiger partial charge is 0.335 e. The quantitative estimate of drug-likeness (QED) is 0.568. The van der Waals surface area contributed by atoms with Crippen LogP contribution >= 0.6 is 0 Å². The zero-order chi connectivity index (χ0) is 17.2. The number of hydrogen-bond donors (Lipinski definition) is 2. The minimum Gasteiger partial charge on any atom is -0.478 e. The Kier molecular flexibility index (Phi) is 7.34. The van der Waals surface area contributed by atoms with Crippen LogP contribution in [0.5, 0.6) is 0 Å². The first-order valence-electron chi connectivity index (χ1n) is 7.52. The lowest BCUT2D eigenvalue weighted by Crippen LogP contribution is -2.22. The minimum atomic E-state index is -1.07. The van der Waals surface area contributed by atoms with Crippen molar-refractivity contribution in [2.75, 3.05) is 18.4 Å². The Morgan fingerprint density at radius 1 is 1.30 bits per heavy atom. The monoisotopic (exact) mass is 315 g/mol. The third-order valence-electron chi connectivity index (χ3n) is 3.07. The summed E-state index contributed by atoms with van der Waals surface area (Å²) in [4.78, 5) is 25.1. The van der Waals surface area contributed by atoms with E-state index in [0.717, 1.165) is 25.9 Å². The summed E-state index contributed by atoms with van der Waals surface area (Å²) in [6.45, 7) is 5.58. The molecule has 0 saturated heterocycles. The highest BCUT2D eigenvalue weighted by molar-refractivity contribution is 6.06. The molecule has 0 aromatic heterocycles. The molecule has 0 unspecified atom stereocenters. The van der Waals surface area contributed by atoms with Crippen LogP contribution in [0.4, 0.5) is 5.69 Å². The molecular formula is C17H21N3O3. The van der Waals surface area contributed by atoms with E-state index in [2.05, 4.69) is 5.32 Å². The van der Waals surface area contributed by atoms with E-state index >= 15 is 0 Å². The number of carbonyl (C=O) groups is 2. The number of hydrogen-bond acceptors (Lipinski definition) is 4. The SMILES string of the molecule is CCCN(/C=C(/C#N)C(=O)Nc1cccc(C(=O)O)c1)CCC. The maximum Gasteiger partial charge on any atom is 0.335 e. The number of rotatable bonds is 8. The zero-order valence-electron chi connectivity index (χ0n) is 13.4. The second-order valence-electron chi connectivity index (χ2n) is 5.03. The van der Waals surface area contributed by atoms with E-state index in [9.17, 15) is 14.9 Å². The molecular weight excluding hydrogens is 294 g/mol. The maximum atomic E-state index is 12.2. The lowest BCUT2D eigenvalue weighted by Gasteiger charge is -2.19. The molecule has 0 aliphatic rings. The first-order chi connectivity index (χ1) is 11.0. The summed E-state index contributed by atoms with van der Waals surface area (Å²) in [6.07, 6.45) is 3.39. The van der Waals surface area contributed by atoms with Crippen LogP contribution < -0.4 is 5.32 Å². The Hall–Kier alpha value is -2.81. The van der Waals surface area contributed by atoms with Crippen LogP contribution in [0.2, 0.25) is 0 Å². The number of nitrogens with zero attached hydrogens (tertiary/aromatic N) is 2. The summed E-state index contributed by atoms with van der Waals surface area (Å²) < 4.78 is 0. The van der Waals surface area contributed by atoms with Crippen molar-refractivity contribution in [2.45, 2.75) is 26.7 Å². The lowest BCUT2D eigenvalue weighted by atomic mass is 10.2. The number of nitrogens with one attached hydrogen (secondary N) is 1. The fourth-order valence-electron chi connectivity index (χ4n) is 2.06. The van der Waals surface area contributed by atoms with Crippen LogP contribution in [0, 0.1) is 11.3 Å². The number of anilines is 1. The molecule has 0 heterocycles. The third-order valence-corrected chi connectivity index (χ3v) is 3.07. The third kappa shape index (κ3) is 5.83. The van der Waals surface area contributed by atoms with Gasteiger partial charge in [-0.2, -0.15) is 5.26 Å². The molecule has 23 heavy (non-hydrogen) atoms. The van der Waals surface area contributed by atoms with Crippen LogP contribution in [0.15, 0.2) is 36.0 Å². The van der Waals surface area contributed by atoms with Gasteiger partial charge in [-0.25, -0.2) is 4.79 Å². The second-order valence-corrected chi connectivity index (χ2v) is 5.03. The van der Waals surface area contributed by atoms with E-state index in [4.69, 9.17) is 5.11 Å². The summed E-state index contributed by atoms with van der Waals surface area (Å²) >= 11 is 0. The van der Waals surface area contributed by atoms with Gasteiger partial charge in [0.2, 0.25) is 0 Å². The summed E-state index contributed by atoms with van der Waals surface area (Å²) in [6, 6.07) is 7.80. The van der Waals surface area contributed by atoms with Crippen molar-refractivity contribution in [2.24, 2.45) is 0 Å². The highest BCUT2D eigenvalue weighted by Crippen LogP contribution is 2.12. The molecule has 0 radical (unpaired) electrons. The second kappa shape index (κ2) is 9.26. The van der Waals surface area contributed by atoms with E-state index in [0.29, 0.717) is 5.69 Å². The zero-order valence-corrected chi connectivity index (χ0v) is 13.4. The highest BCUT2D eigenvalue weighted by atomic mass is 16.4. The van der Waals surface area contributed by atoms with Crippen LogP contribution in [0.25, 0.3) is 0 Å². The van der Waals surface area contributed by atoms with Crippen LogP contribution in [-0.4, -0.2) is 35.0 Å². The molecule has 0 aliphatic heterocycles. The Labute approximate surface area is 136 Å². The summed E-state index contributed by atoms with van der Waals surface area (Å²) in [5.74, 6) is -1.62. The number of carboxylic acid groups (broad SMARTS) is 1. The fourth-order valence-corrected chi connectivity index (χ4v) is 2.06. The van der Waals surface area contributed by atoms with Gasteiger partial charge in [0.15, 0.2) is 0 Å². The molecule has 1 aromatic carbocycles. The van der Waals surface area contributed by atoms with Gasteiger partial charge in [0.05, 0.1) is 5.56 Å². The van der Waals surface area contributed by atoms with Gasteiger partial charge in [-0.3, -0.25) is 4.79 Å². The Bertz CT molecular complexity index is 626. The molecule has 2 N–H and O–H groups in total. The van der Waals surface area contributed by atoms with Gasteiger partial charge in [0, 0.05) is 25.0 Å². The number of nitriles is 1. The molecule has 122 valence electrons. The van der Waals surface area contributed by atoms with Crippen LogP contribution in [0.3, 0.4) is 0 Å². The molecule has 1 amide bonds. The lowest BCUT2D eigenvalue weighted by molar-refractivity contribution is -0.112. The van der Waals surface area contributed by atoms with E-state index in [1.165, 1.54) is 18.2 Å². The van der Waals surface area contributed by atoms with Gasteiger partial charge < -0.3 is 15.3 Å². The predicted molar refractivity (Wildman–Crippen MR) is 87.9 cm³/mol. The molecule has 0 saturated carbocycles. The van der Waals surface area contributed by atoms with E-state index in [1.54, 1.807) is 12.3 Å². The number of aromatic carboxylic acids is 1. The molecule has 0 spiro atoms. The molecule has 6 heteroatoms. The number of carbonyl (C=O) groups excluding carboxylic acids is 1. The first kappa shape index (κ1) is 18.2. The normalized spacial score (nSPS) is 10.7. The van der Waals surface area contributed by atoms with Crippen molar-refractivity contribution in [1.82, 2.24) is 4.90 Å². The Balaban J connectivity index is 2.90. The molecule has 6 nitrogen and oxygen atoms in total. The molecule has 0 bridgehead atoms. The summed E-state index contributed by atoms with van der Waals surface area (Å²) in [5.41, 5.74) is 0.407. The van der Waals surface area contributed by atoms with Gasteiger partial charge in [0.1, 0.15) is 11.6 Å². The topological polar surface area (TPSA) is 93.4 Å². The Morgan fingerprint density at radius 3 is 2.48 bits per heavy atom. The molecule has 1 aromatic rings. The highest BCUT2D eigenvalue weighted by Gasteiger charge is 2.12. The van der Waals surface area contributed by atoms with Gasteiger partial charge in [-0.05, 0) is 31.0 Å². The van der Waals surface area contributed by atoms with Crippen molar-refractivity contribution >= 4 is 17.6 Å². The van der Waals surface area contributed by atoms with Crippen LogP contribution in [0.1, 0.15) is 37.0 Å². The predicted octanol–water partition coefficient (Wildman–Crippen LogP) is 2.85. The molecule has 0 fully saturated rings. The van der Waals surface area contributed by atoms with Crippen molar-refractivity contribution in [1.29, 1.82) is 5.26 Å². The standard InChI is InChI=1S/C17H21N3O3/c1-3-8-20(9-4-2)12-14(11-18)16(21)19-15-7-5-6-13(10-15)17(22)23/h5-7,10,12H,3-4,8-9H2,1-2H3,(H,19,21)(H,22,23)/b14-12-. The average Bonchev–Trinajstić information content (AvgIpc) is 2.53. The molecule has 0 atom stereocenters. The number of benzene rings is 1. The van der Waals surface area contributed by atoms with Gasteiger partial charge >= 0.3 is 5.97 Å². The summed E-state index contributed by atoms with van der Waals surface area (Å²) in [7, 11) is 0. The van der Waals surface area contributed by atoms with Gasteiger partial charge in [-0.1, -0.05) is 19.9 Å². The Morgan fingerprint density at radius 2 is 1.96 bits per heavy atom. The average molecular weight is 315 g/mol. The van der Waals surface area contributed by atoms with Crippen molar-refractivity contribution in [3.05, 3.63) is 41.6 Å². The van der Waals surface area contributed by atoms with Gasteiger partial charge in [-0.15, -0.1) is 0 Å². The molecule has 0 aliphatic carbocycles. The maximum absolute atomic E-state index is 12.2. The van der Waals surface area contributed by atoms with Gasteiger partial charge in [0.25, 0.3) is 5.91 Å². The largest absolute Gasteiger partial charge is 0.478 e.